The van der Waals surface area contributed by atoms with Crippen molar-refractivity contribution in [1.29, 1.82) is 0 Å². The molecule has 1 N–H and O–H groups in total. The van der Waals surface area contributed by atoms with Crippen molar-refractivity contribution in [2.75, 3.05) is 16.2 Å². The van der Waals surface area contributed by atoms with Gasteiger partial charge in [0.1, 0.15) is 16.5 Å². The second kappa shape index (κ2) is 9.97. The van der Waals surface area contributed by atoms with E-state index in [0.717, 1.165) is 22.9 Å². The van der Waals surface area contributed by atoms with Crippen molar-refractivity contribution in [2.45, 2.75) is 24.8 Å². The highest BCUT2D eigenvalue weighted by Crippen LogP contribution is 2.30. The lowest BCUT2D eigenvalue weighted by Gasteiger charge is -2.24. The van der Waals surface area contributed by atoms with E-state index in [0.29, 0.717) is 12.4 Å². The van der Waals surface area contributed by atoms with Gasteiger partial charge in [-0.25, -0.2) is 17.5 Å². The van der Waals surface area contributed by atoms with Gasteiger partial charge < -0.3 is 5.32 Å². The monoisotopic (exact) mass is 476 g/mol. The van der Waals surface area contributed by atoms with Gasteiger partial charge in [-0.1, -0.05) is 24.6 Å². The van der Waals surface area contributed by atoms with Crippen LogP contribution >= 0.6 is 11.6 Å². The maximum absolute atomic E-state index is 13.4. The second-order valence-corrected chi connectivity index (χ2v) is 9.08. The van der Waals surface area contributed by atoms with E-state index in [1.165, 1.54) is 36.4 Å². The number of amides is 1. The number of halogens is 2. The molecule has 1 aromatic heterocycles. The van der Waals surface area contributed by atoms with Crippen molar-refractivity contribution in [3.05, 3.63) is 83.8 Å². The Hall–Kier alpha value is -3.17. The molecule has 3 rings (SSSR count). The number of nitrogens with one attached hydrogen (secondary N) is 1. The Balaban J connectivity index is 1.97. The summed E-state index contributed by atoms with van der Waals surface area (Å²) in [7, 11) is -4.18. The van der Waals surface area contributed by atoms with Crippen LogP contribution in [0.3, 0.4) is 0 Å². The van der Waals surface area contributed by atoms with E-state index in [1.54, 1.807) is 16.9 Å². The van der Waals surface area contributed by atoms with Crippen molar-refractivity contribution in [1.82, 2.24) is 9.78 Å². The highest BCUT2D eigenvalue weighted by molar-refractivity contribution is 7.93. The molecule has 0 fully saturated rings. The smallest absolute Gasteiger partial charge is 0.266 e. The Bertz CT molecular complexity index is 1230. The predicted molar refractivity (Wildman–Crippen MR) is 123 cm³/mol. The van der Waals surface area contributed by atoms with Crippen molar-refractivity contribution in [2.24, 2.45) is 0 Å². The summed E-state index contributed by atoms with van der Waals surface area (Å²) in [5.74, 6) is -0.507. The maximum Gasteiger partial charge on any atom is 0.266 e. The van der Waals surface area contributed by atoms with E-state index in [2.05, 4.69) is 17.0 Å². The third-order valence-electron chi connectivity index (χ3n) is 4.56. The summed E-state index contributed by atoms with van der Waals surface area (Å²) in [6, 6.07) is 10.7. The summed E-state index contributed by atoms with van der Waals surface area (Å²) in [5.41, 5.74) is 0.343. The zero-order valence-electron chi connectivity index (χ0n) is 17.3. The predicted octanol–water partition coefficient (Wildman–Crippen LogP) is 4.72. The third kappa shape index (κ3) is 5.00. The van der Waals surface area contributed by atoms with E-state index < -0.39 is 21.7 Å². The first-order chi connectivity index (χ1) is 15.3. The molecule has 32 heavy (non-hydrogen) atoms. The molecule has 3 aromatic rings. The number of anilines is 2. The minimum absolute atomic E-state index is 0.0475. The van der Waals surface area contributed by atoms with Crippen molar-refractivity contribution in [3.63, 3.8) is 0 Å². The Morgan fingerprint density at radius 2 is 1.97 bits per heavy atom. The standard InChI is InChI=1S/C22H22ClFN4O3S/c1-3-13-27-21(11-12-25-27)26-22(29)16-5-10-19(23)20(15-16)32(30,31)28(14-4-2)18-8-6-17(24)7-9-18/h4-12,15H,2-3,13-14H2,1H3,(H,26,29). The number of rotatable bonds is 9. The molecule has 10 heteroatoms. The van der Waals surface area contributed by atoms with Gasteiger partial charge in [-0.3, -0.25) is 9.10 Å². The zero-order valence-corrected chi connectivity index (χ0v) is 18.9. The largest absolute Gasteiger partial charge is 0.307 e. The van der Waals surface area contributed by atoms with Crippen molar-refractivity contribution >= 4 is 39.0 Å². The van der Waals surface area contributed by atoms with Gasteiger partial charge in [0.05, 0.1) is 23.5 Å². The Kier molecular flexibility index (Phi) is 7.32. The number of carbonyl (C=O) groups excluding carboxylic acids is 1. The first kappa shape index (κ1) is 23.5. The second-order valence-electron chi connectivity index (χ2n) is 6.84. The van der Waals surface area contributed by atoms with Gasteiger partial charge in [-0.15, -0.1) is 6.58 Å². The lowest BCUT2D eigenvalue weighted by atomic mass is 10.2. The quantitative estimate of drug-likeness (QED) is 0.453. The van der Waals surface area contributed by atoms with Crippen LogP contribution < -0.4 is 9.62 Å². The molecule has 0 atom stereocenters. The molecule has 7 nitrogen and oxygen atoms in total. The lowest BCUT2D eigenvalue weighted by Crippen LogP contribution is -2.31. The fraction of sp³-hybridized carbons (Fsp3) is 0.182. The van der Waals surface area contributed by atoms with E-state index >= 15 is 0 Å². The molecule has 1 heterocycles. The van der Waals surface area contributed by atoms with Crippen LogP contribution in [0.2, 0.25) is 5.02 Å². The van der Waals surface area contributed by atoms with Crippen LogP contribution in [0.1, 0.15) is 23.7 Å². The SMILES string of the molecule is C=CCN(c1ccc(F)cc1)S(=O)(=O)c1cc(C(=O)Nc2ccnn2CCC)ccc1Cl. The average Bonchev–Trinajstić information content (AvgIpc) is 3.19. The van der Waals surface area contributed by atoms with E-state index in [1.807, 2.05) is 6.92 Å². The van der Waals surface area contributed by atoms with Crippen LogP contribution in [-0.4, -0.2) is 30.7 Å². The molecule has 2 aromatic carbocycles. The number of aromatic nitrogens is 2. The molecule has 0 saturated heterocycles. The van der Waals surface area contributed by atoms with E-state index in [-0.39, 0.29) is 27.7 Å². The fourth-order valence-electron chi connectivity index (χ4n) is 3.05. The van der Waals surface area contributed by atoms with Crippen LogP contribution in [0.5, 0.6) is 0 Å². The molecule has 1 amide bonds. The van der Waals surface area contributed by atoms with Crippen LogP contribution in [-0.2, 0) is 16.6 Å². The van der Waals surface area contributed by atoms with Gasteiger partial charge in [-0.2, -0.15) is 5.10 Å². The first-order valence-electron chi connectivity index (χ1n) is 9.80. The maximum atomic E-state index is 13.4. The number of nitrogens with zero attached hydrogens (tertiary/aromatic N) is 3. The summed E-state index contributed by atoms with van der Waals surface area (Å²) in [5, 5.41) is 6.84. The van der Waals surface area contributed by atoms with Gasteiger partial charge >= 0.3 is 0 Å². The van der Waals surface area contributed by atoms with Crippen molar-refractivity contribution in [3.8, 4) is 0 Å². The van der Waals surface area contributed by atoms with Crippen molar-refractivity contribution < 1.29 is 17.6 Å². The average molecular weight is 477 g/mol. The Morgan fingerprint density at radius 1 is 1.25 bits per heavy atom. The topological polar surface area (TPSA) is 84.3 Å². The number of sulfonamides is 1. The number of hydrogen-bond acceptors (Lipinski definition) is 4. The molecule has 0 aliphatic carbocycles. The van der Waals surface area contributed by atoms with Gasteiger partial charge in [0.25, 0.3) is 15.9 Å². The highest BCUT2D eigenvalue weighted by atomic mass is 35.5. The molecule has 0 aliphatic heterocycles. The summed E-state index contributed by atoms with van der Waals surface area (Å²) in [6.07, 6.45) is 3.80. The molecule has 0 unspecified atom stereocenters. The van der Waals surface area contributed by atoms with Crippen LogP contribution in [0.25, 0.3) is 0 Å². The Labute approximate surface area is 191 Å². The van der Waals surface area contributed by atoms with E-state index in [9.17, 15) is 17.6 Å². The van der Waals surface area contributed by atoms with Gasteiger partial charge in [0.2, 0.25) is 0 Å². The number of aryl methyl sites for hydroxylation is 1. The van der Waals surface area contributed by atoms with Crippen LogP contribution in [0.15, 0.2) is 72.3 Å². The number of carbonyl (C=O) groups is 1. The molecule has 0 spiro atoms. The molecular formula is C22H22ClFN4O3S. The Morgan fingerprint density at radius 3 is 2.62 bits per heavy atom. The molecule has 0 bridgehead atoms. The summed E-state index contributed by atoms with van der Waals surface area (Å²) < 4.78 is 42.8. The van der Waals surface area contributed by atoms with Gasteiger partial charge in [0, 0.05) is 18.2 Å². The van der Waals surface area contributed by atoms with E-state index in [4.69, 9.17) is 11.6 Å². The molecule has 0 aliphatic rings. The van der Waals surface area contributed by atoms with Crippen LogP contribution in [0.4, 0.5) is 15.9 Å². The molecule has 0 radical (unpaired) electrons. The minimum Gasteiger partial charge on any atom is -0.307 e. The first-order valence-corrected chi connectivity index (χ1v) is 11.6. The molecule has 168 valence electrons. The minimum atomic E-state index is -4.18. The highest BCUT2D eigenvalue weighted by Gasteiger charge is 2.28. The summed E-state index contributed by atoms with van der Waals surface area (Å²) in [6.45, 7) is 6.13. The van der Waals surface area contributed by atoms with Crippen LogP contribution in [0, 0.1) is 5.82 Å². The fourth-order valence-corrected chi connectivity index (χ4v) is 4.98. The summed E-state index contributed by atoms with van der Waals surface area (Å²) >= 11 is 6.21. The third-order valence-corrected chi connectivity index (χ3v) is 6.84. The lowest BCUT2D eigenvalue weighted by molar-refractivity contribution is 0.102. The number of hydrogen-bond donors (Lipinski definition) is 1. The molecular weight excluding hydrogens is 455 g/mol. The molecule has 0 saturated carbocycles. The summed E-state index contributed by atoms with van der Waals surface area (Å²) in [4.78, 5) is 12.6. The normalized spacial score (nSPS) is 11.2. The zero-order chi connectivity index (χ0) is 23.3. The van der Waals surface area contributed by atoms with Gasteiger partial charge in [-0.05, 0) is 48.9 Å². The number of benzene rings is 2. The van der Waals surface area contributed by atoms with Gasteiger partial charge in [0.15, 0.2) is 0 Å².